The fourth-order valence-corrected chi connectivity index (χ4v) is 2.66. The minimum absolute atomic E-state index is 0.0169. The van der Waals surface area contributed by atoms with Gasteiger partial charge in [-0.25, -0.2) is 0 Å². The Morgan fingerprint density at radius 2 is 1.94 bits per heavy atom. The Labute approximate surface area is 101 Å². The highest BCUT2D eigenvalue weighted by atomic mass is 16.5. The number of carboxylic acid groups (broad SMARTS) is 1. The van der Waals surface area contributed by atoms with Crippen LogP contribution in [-0.4, -0.2) is 36.2 Å². The Morgan fingerprint density at radius 3 is 2.53 bits per heavy atom. The number of rotatable bonds is 3. The number of hydrogen-bond acceptors (Lipinski definition) is 3. The smallest absolute Gasteiger partial charge is 0.311 e. The van der Waals surface area contributed by atoms with Crippen LogP contribution in [-0.2, 0) is 14.3 Å². The average molecular weight is 241 g/mol. The third-order valence-electron chi connectivity index (χ3n) is 3.97. The van der Waals surface area contributed by atoms with Gasteiger partial charge in [0.15, 0.2) is 0 Å². The third-order valence-corrected chi connectivity index (χ3v) is 3.97. The Hall–Kier alpha value is -1.10. The van der Waals surface area contributed by atoms with Crippen molar-refractivity contribution >= 4 is 11.9 Å². The Bertz CT molecular complexity index is 322. The zero-order chi connectivity index (χ0) is 12.5. The zero-order valence-corrected chi connectivity index (χ0v) is 10.1. The zero-order valence-electron chi connectivity index (χ0n) is 10.1. The van der Waals surface area contributed by atoms with E-state index in [0.717, 1.165) is 25.7 Å². The maximum atomic E-state index is 12.1. The number of hydrogen-bond donors (Lipinski definition) is 2. The Morgan fingerprint density at radius 1 is 1.29 bits per heavy atom. The quantitative estimate of drug-likeness (QED) is 0.765. The molecule has 1 saturated heterocycles. The molecule has 2 unspecified atom stereocenters. The first-order valence-electron chi connectivity index (χ1n) is 6.14. The summed E-state index contributed by atoms with van der Waals surface area (Å²) in [5.74, 6) is -1.52. The number of carboxylic acids is 1. The number of ether oxygens (including phenoxy) is 1. The maximum absolute atomic E-state index is 12.1. The van der Waals surface area contributed by atoms with Crippen molar-refractivity contribution in [1.82, 2.24) is 5.32 Å². The molecule has 5 nitrogen and oxygen atoms in total. The SMILES string of the molecule is CC1(C(=O)NC2COCC2C(=O)O)CCCC1. The molecule has 0 aromatic carbocycles. The van der Waals surface area contributed by atoms with Gasteiger partial charge in [-0.1, -0.05) is 19.8 Å². The molecule has 96 valence electrons. The lowest BCUT2D eigenvalue weighted by Crippen LogP contribution is -2.47. The molecule has 1 heterocycles. The van der Waals surface area contributed by atoms with E-state index in [9.17, 15) is 9.59 Å². The van der Waals surface area contributed by atoms with E-state index in [-0.39, 0.29) is 24.0 Å². The summed E-state index contributed by atoms with van der Waals surface area (Å²) >= 11 is 0. The molecule has 0 spiro atoms. The number of nitrogens with one attached hydrogen (secondary N) is 1. The van der Waals surface area contributed by atoms with Gasteiger partial charge < -0.3 is 15.2 Å². The van der Waals surface area contributed by atoms with Crippen LogP contribution < -0.4 is 5.32 Å². The number of amides is 1. The summed E-state index contributed by atoms with van der Waals surface area (Å²) in [6.45, 7) is 2.46. The molecule has 0 radical (unpaired) electrons. The van der Waals surface area contributed by atoms with E-state index >= 15 is 0 Å². The van der Waals surface area contributed by atoms with Crippen LogP contribution in [0.5, 0.6) is 0 Å². The van der Waals surface area contributed by atoms with Crippen LogP contribution in [0.2, 0.25) is 0 Å². The van der Waals surface area contributed by atoms with Crippen molar-refractivity contribution in [2.24, 2.45) is 11.3 Å². The van der Waals surface area contributed by atoms with Crippen molar-refractivity contribution < 1.29 is 19.4 Å². The first-order chi connectivity index (χ1) is 8.03. The fourth-order valence-electron chi connectivity index (χ4n) is 2.66. The predicted octanol–water partition coefficient (Wildman–Crippen LogP) is 0.782. The van der Waals surface area contributed by atoms with Crippen molar-refractivity contribution in [3.05, 3.63) is 0 Å². The van der Waals surface area contributed by atoms with E-state index in [2.05, 4.69) is 5.32 Å². The molecule has 0 aromatic rings. The van der Waals surface area contributed by atoms with Crippen LogP contribution in [0.25, 0.3) is 0 Å². The minimum Gasteiger partial charge on any atom is -0.481 e. The molecule has 2 atom stereocenters. The van der Waals surface area contributed by atoms with Gasteiger partial charge in [-0.15, -0.1) is 0 Å². The largest absolute Gasteiger partial charge is 0.481 e. The molecule has 2 rings (SSSR count). The van der Waals surface area contributed by atoms with Crippen LogP contribution in [0.4, 0.5) is 0 Å². The molecular weight excluding hydrogens is 222 g/mol. The van der Waals surface area contributed by atoms with Crippen molar-refractivity contribution in [2.45, 2.75) is 38.6 Å². The van der Waals surface area contributed by atoms with Gasteiger partial charge in [-0.2, -0.15) is 0 Å². The van der Waals surface area contributed by atoms with Crippen LogP contribution >= 0.6 is 0 Å². The normalized spacial score (nSPS) is 31.4. The van der Waals surface area contributed by atoms with Gasteiger partial charge >= 0.3 is 5.97 Å². The maximum Gasteiger partial charge on any atom is 0.311 e. The van der Waals surface area contributed by atoms with Gasteiger partial charge in [-0.3, -0.25) is 9.59 Å². The van der Waals surface area contributed by atoms with E-state index in [1.54, 1.807) is 0 Å². The van der Waals surface area contributed by atoms with Crippen molar-refractivity contribution in [3.8, 4) is 0 Å². The summed E-state index contributed by atoms with van der Waals surface area (Å²) in [6.07, 6.45) is 3.94. The van der Waals surface area contributed by atoms with Crippen molar-refractivity contribution in [1.29, 1.82) is 0 Å². The molecule has 1 saturated carbocycles. The molecule has 2 N–H and O–H groups in total. The number of carbonyl (C=O) groups is 2. The highest BCUT2D eigenvalue weighted by Gasteiger charge is 2.41. The topological polar surface area (TPSA) is 75.6 Å². The second-order valence-corrected chi connectivity index (χ2v) is 5.33. The van der Waals surface area contributed by atoms with E-state index in [0.29, 0.717) is 6.61 Å². The van der Waals surface area contributed by atoms with Crippen LogP contribution in [0.1, 0.15) is 32.6 Å². The van der Waals surface area contributed by atoms with Gasteiger partial charge in [0.25, 0.3) is 0 Å². The fraction of sp³-hybridized carbons (Fsp3) is 0.833. The Kier molecular flexibility index (Phi) is 3.38. The van der Waals surface area contributed by atoms with Crippen molar-refractivity contribution in [3.63, 3.8) is 0 Å². The molecule has 17 heavy (non-hydrogen) atoms. The van der Waals surface area contributed by atoms with Crippen LogP contribution in [0.3, 0.4) is 0 Å². The number of carbonyl (C=O) groups excluding carboxylic acids is 1. The molecule has 1 aliphatic carbocycles. The third kappa shape index (κ3) is 2.44. The standard InChI is InChI=1S/C12H19NO4/c1-12(4-2-3-5-12)11(16)13-9-7-17-6-8(9)10(14)15/h8-9H,2-7H2,1H3,(H,13,16)(H,14,15). The highest BCUT2D eigenvalue weighted by molar-refractivity contribution is 5.83. The number of aliphatic carboxylic acids is 1. The second kappa shape index (κ2) is 4.64. The summed E-state index contributed by atoms with van der Waals surface area (Å²) in [6, 6.07) is -0.377. The summed E-state index contributed by atoms with van der Waals surface area (Å²) in [5.41, 5.74) is -0.314. The molecule has 0 aromatic heterocycles. The van der Waals surface area contributed by atoms with E-state index < -0.39 is 11.9 Å². The average Bonchev–Trinajstić information content (AvgIpc) is 2.87. The molecule has 2 aliphatic rings. The van der Waals surface area contributed by atoms with Crippen LogP contribution in [0.15, 0.2) is 0 Å². The minimum atomic E-state index is -0.899. The molecule has 0 bridgehead atoms. The van der Waals surface area contributed by atoms with Gasteiger partial charge in [0.2, 0.25) is 5.91 Å². The van der Waals surface area contributed by atoms with E-state index in [1.807, 2.05) is 6.92 Å². The lowest BCUT2D eigenvalue weighted by molar-refractivity contribution is -0.142. The van der Waals surface area contributed by atoms with Gasteiger partial charge in [0, 0.05) is 5.41 Å². The first kappa shape index (κ1) is 12.4. The van der Waals surface area contributed by atoms with Crippen molar-refractivity contribution in [2.75, 3.05) is 13.2 Å². The lowest BCUT2D eigenvalue weighted by Gasteiger charge is -2.25. The monoisotopic (exact) mass is 241 g/mol. The second-order valence-electron chi connectivity index (χ2n) is 5.33. The Balaban J connectivity index is 1.96. The molecule has 2 fully saturated rings. The summed E-state index contributed by atoms with van der Waals surface area (Å²) in [5, 5.41) is 11.8. The summed E-state index contributed by atoms with van der Waals surface area (Å²) in [4.78, 5) is 23.1. The summed E-state index contributed by atoms with van der Waals surface area (Å²) < 4.78 is 5.13. The van der Waals surface area contributed by atoms with Gasteiger partial charge in [0.05, 0.1) is 19.3 Å². The molecule has 1 aliphatic heterocycles. The molecule has 1 amide bonds. The molecular formula is C12H19NO4. The van der Waals surface area contributed by atoms with E-state index in [4.69, 9.17) is 9.84 Å². The first-order valence-corrected chi connectivity index (χ1v) is 6.14. The van der Waals surface area contributed by atoms with Crippen LogP contribution in [0, 0.1) is 11.3 Å². The summed E-state index contributed by atoms with van der Waals surface area (Å²) in [7, 11) is 0. The molecule has 5 heteroatoms. The lowest BCUT2D eigenvalue weighted by atomic mass is 9.87. The van der Waals surface area contributed by atoms with E-state index in [1.165, 1.54) is 0 Å². The highest BCUT2D eigenvalue weighted by Crippen LogP contribution is 2.37. The van der Waals surface area contributed by atoms with Gasteiger partial charge in [0.1, 0.15) is 5.92 Å². The predicted molar refractivity (Wildman–Crippen MR) is 60.5 cm³/mol. The van der Waals surface area contributed by atoms with Gasteiger partial charge in [-0.05, 0) is 12.8 Å².